The summed E-state index contributed by atoms with van der Waals surface area (Å²) in [5.74, 6) is -1.29. The summed E-state index contributed by atoms with van der Waals surface area (Å²) in [6.07, 6.45) is 2.50. The van der Waals surface area contributed by atoms with Gasteiger partial charge >= 0.3 is 5.97 Å². The van der Waals surface area contributed by atoms with Crippen LogP contribution in [0.2, 0.25) is 0 Å². The molecule has 6 nitrogen and oxygen atoms in total. The van der Waals surface area contributed by atoms with Crippen molar-refractivity contribution in [2.24, 2.45) is 5.92 Å². The number of nitrogens with one attached hydrogen (secondary N) is 1. The monoisotopic (exact) mass is 442 g/mol. The van der Waals surface area contributed by atoms with Gasteiger partial charge in [-0.2, -0.15) is 0 Å². The highest BCUT2D eigenvalue weighted by atomic mass is 32.1. The van der Waals surface area contributed by atoms with Crippen molar-refractivity contribution < 1.29 is 19.1 Å². The number of hydrogen-bond acceptors (Lipinski definition) is 5. The van der Waals surface area contributed by atoms with Crippen molar-refractivity contribution >= 4 is 34.8 Å². The zero-order chi connectivity index (χ0) is 22.4. The first-order valence-corrected chi connectivity index (χ1v) is 11.7. The molecule has 1 aliphatic rings. The number of aryl methyl sites for hydroxylation is 1. The van der Waals surface area contributed by atoms with Crippen LogP contribution in [0.3, 0.4) is 0 Å². The summed E-state index contributed by atoms with van der Waals surface area (Å²) in [6.45, 7) is 5.67. The number of anilines is 1. The van der Waals surface area contributed by atoms with Crippen LogP contribution < -0.4 is 10.2 Å². The van der Waals surface area contributed by atoms with Gasteiger partial charge in [0.25, 0.3) is 5.91 Å². The molecule has 1 aromatic carbocycles. The van der Waals surface area contributed by atoms with Crippen molar-refractivity contribution in [3.8, 4) is 0 Å². The van der Waals surface area contributed by atoms with Gasteiger partial charge in [-0.05, 0) is 50.3 Å². The number of benzene rings is 1. The van der Waals surface area contributed by atoms with Crippen molar-refractivity contribution in [1.82, 2.24) is 5.32 Å². The third-order valence-electron chi connectivity index (χ3n) is 5.52. The lowest BCUT2D eigenvalue weighted by atomic mass is 9.87. The van der Waals surface area contributed by atoms with Crippen LogP contribution in [0.4, 0.5) is 5.69 Å². The maximum absolute atomic E-state index is 13.0. The highest BCUT2D eigenvalue weighted by Gasteiger charge is 2.43. The number of nitrogens with zero attached hydrogens (tertiary/aromatic N) is 1. The molecule has 0 spiro atoms. The molecule has 0 radical (unpaired) electrons. The van der Waals surface area contributed by atoms with E-state index in [-0.39, 0.29) is 30.9 Å². The fraction of sp³-hybridized carbons (Fsp3) is 0.458. The van der Waals surface area contributed by atoms with E-state index in [1.54, 1.807) is 4.90 Å². The van der Waals surface area contributed by atoms with Crippen molar-refractivity contribution in [1.29, 1.82) is 0 Å². The second-order valence-corrected chi connectivity index (χ2v) is 9.05. The first-order chi connectivity index (χ1) is 14.9. The number of ether oxygens (including phenoxy) is 1. The molecule has 1 N–H and O–H groups in total. The molecular weight excluding hydrogens is 412 g/mol. The predicted octanol–water partition coefficient (Wildman–Crippen LogP) is 4.39. The van der Waals surface area contributed by atoms with Gasteiger partial charge in [-0.1, -0.05) is 37.1 Å². The normalized spacial score (nSPS) is 19.7. The number of amides is 2. The largest absolute Gasteiger partial charge is 0.455 e. The second-order valence-electron chi connectivity index (χ2n) is 8.07. The van der Waals surface area contributed by atoms with Crippen molar-refractivity contribution in [2.45, 2.75) is 58.5 Å². The van der Waals surface area contributed by atoms with Crippen LogP contribution in [0.1, 0.15) is 56.0 Å². The maximum Gasteiger partial charge on any atom is 0.311 e. The lowest BCUT2D eigenvalue weighted by Crippen LogP contribution is -2.46. The number of carbonyl (C=O) groups excluding carboxylic acids is 3. The van der Waals surface area contributed by atoms with E-state index >= 15 is 0 Å². The van der Waals surface area contributed by atoms with Gasteiger partial charge in [0.1, 0.15) is 0 Å². The molecule has 0 bridgehead atoms. The lowest BCUT2D eigenvalue weighted by molar-refractivity contribution is -0.154. The third-order valence-corrected chi connectivity index (χ3v) is 6.46. The molecule has 2 amide bonds. The topological polar surface area (TPSA) is 75.7 Å². The fourth-order valence-electron chi connectivity index (χ4n) is 4.00. The molecule has 0 aliphatic carbocycles. The van der Waals surface area contributed by atoms with Crippen LogP contribution in [0.5, 0.6) is 0 Å². The first kappa shape index (κ1) is 23.0. The Labute approximate surface area is 187 Å². The fourth-order valence-corrected chi connectivity index (χ4v) is 4.88. The average molecular weight is 443 g/mol. The Morgan fingerprint density at radius 3 is 2.65 bits per heavy atom. The van der Waals surface area contributed by atoms with Crippen LogP contribution >= 0.6 is 11.3 Å². The van der Waals surface area contributed by atoms with Gasteiger partial charge in [0.2, 0.25) is 5.91 Å². The molecule has 2 heterocycles. The summed E-state index contributed by atoms with van der Waals surface area (Å²) >= 11 is 1.51. The Hall–Kier alpha value is -2.67. The summed E-state index contributed by atoms with van der Waals surface area (Å²) in [4.78, 5) is 40.7. The molecule has 3 unspecified atom stereocenters. The molecule has 1 aliphatic heterocycles. The lowest BCUT2D eigenvalue weighted by Gasteiger charge is -2.39. The molecule has 1 saturated heterocycles. The molecule has 0 saturated carbocycles. The standard InChI is InChI=1S/C24H30N2O4S/c1-4-6-17(3)25-21(27)15-30-24(29)19-12-13-22(28)26(18-10-8-16(2)9-11-18)23(19)20-7-5-14-31-20/h5,7-11,14,17,19,23H,4,6,12-13,15H2,1-3H3,(H,25,27). The Morgan fingerprint density at radius 2 is 2.00 bits per heavy atom. The quantitative estimate of drug-likeness (QED) is 0.615. The minimum atomic E-state index is -0.529. The molecule has 31 heavy (non-hydrogen) atoms. The minimum absolute atomic E-state index is 0.0163. The number of hydrogen-bond donors (Lipinski definition) is 1. The van der Waals surface area contributed by atoms with Crippen LogP contribution in [-0.2, 0) is 19.1 Å². The SMILES string of the molecule is CCCC(C)NC(=O)COC(=O)C1CCC(=O)N(c2ccc(C)cc2)C1c1cccs1. The summed E-state index contributed by atoms with van der Waals surface area (Å²) < 4.78 is 5.40. The number of esters is 1. The van der Waals surface area contributed by atoms with Crippen LogP contribution in [-0.4, -0.2) is 30.4 Å². The third kappa shape index (κ3) is 5.73. The van der Waals surface area contributed by atoms with Crippen LogP contribution in [0, 0.1) is 12.8 Å². The van der Waals surface area contributed by atoms with E-state index in [4.69, 9.17) is 4.74 Å². The molecule has 7 heteroatoms. The van der Waals surface area contributed by atoms with Gasteiger partial charge in [-0.15, -0.1) is 11.3 Å². The summed E-state index contributed by atoms with van der Waals surface area (Å²) in [6, 6.07) is 11.2. The predicted molar refractivity (Wildman–Crippen MR) is 122 cm³/mol. The summed E-state index contributed by atoms with van der Waals surface area (Å²) in [7, 11) is 0. The number of piperidine rings is 1. The average Bonchev–Trinajstić information content (AvgIpc) is 3.27. The maximum atomic E-state index is 13.0. The minimum Gasteiger partial charge on any atom is -0.455 e. The van der Waals surface area contributed by atoms with E-state index in [0.717, 1.165) is 29.0 Å². The molecule has 3 atom stereocenters. The smallest absolute Gasteiger partial charge is 0.311 e. The molecule has 2 aromatic rings. The zero-order valence-electron chi connectivity index (χ0n) is 18.3. The van der Waals surface area contributed by atoms with E-state index in [1.807, 2.05) is 55.6 Å². The van der Waals surface area contributed by atoms with Crippen LogP contribution in [0.25, 0.3) is 0 Å². The van der Waals surface area contributed by atoms with Crippen molar-refractivity contribution in [3.05, 3.63) is 52.2 Å². The van der Waals surface area contributed by atoms with E-state index in [2.05, 4.69) is 12.2 Å². The van der Waals surface area contributed by atoms with E-state index in [0.29, 0.717) is 6.42 Å². The van der Waals surface area contributed by atoms with Crippen molar-refractivity contribution in [3.63, 3.8) is 0 Å². The highest BCUT2D eigenvalue weighted by Crippen LogP contribution is 2.42. The summed E-state index contributed by atoms with van der Waals surface area (Å²) in [5, 5.41) is 4.78. The Morgan fingerprint density at radius 1 is 1.26 bits per heavy atom. The van der Waals surface area contributed by atoms with E-state index in [1.165, 1.54) is 11.3 Å². The van der Waals surface area contributed by atoms with Gasteiger partial charge in [-0.3, -0.25) is 14.4 Å². The highest BCUT2D eigenvalue weighted by molar-refractivity contribution is 7.10. The van der Waals surface area contributed by atoms with Crippen molar-refractivity contribution in [2.75, 3.05) is 11.5 Å². The molecular formula is C24H30N2O4S. The van der Waals surface area contributed by atoms with E-state index in [9.17, 15) is 14.4 Å². The molecule has 1 aromatic heterocycles. The van der Waals surface area contributed by atoms with Gasteiger partial charge in [0, 0.05) is 23.0 Å². The van der Waals surface area contributed by atoms with Gasteiger partial charge in [-0.25, -0.2) is 0 Å². The van der Waals surface area contributed by atoms with Crippen LogP contribution in [0.15, 0.2) is 41.8 Å². The Balaban J connectivity index is 1.78. The number of rotatable bonds is 8. The molecule has 166 valence electrons. The number of carbonyl (C=O) groups is 3. The zero-order valence-corrected chi connectivity index (χ0v) is 19.1. The van der Waals surface area contributed by atoms with Gasteiger partial charge < -0.3 is 15.0 Å². The second kappa shape index (κ2) is 10.6. The molecule has 3 rings (SSSR count). The first-order valence-electron chi connectivity index (χ1n) is 10.8. The number of thiophene rings is 1. The Kier molecular flexibility index (Phi) is 7.85. The van der Waals surface area contributed by atoms with Gasteiger partial charge in [0.15, 0.2) is 6.61 Å². The molecule has 1 fully saturated rings. The summed E-state index contributed by atoms with van der Waals surface area (Å²) in [5.41, 5.74) is 1.86. The van der Waals surface area contributed by atoms with E-state index < -0.39 is 17.9 Å². The van der Waals surface area contributed by atoms with Gasteiger partial charge in [0.05, 0.1) is 12.0 Å². The Bertz CT molecular complexity index is 895.